The zero-order chi connectivity index (χ0) is 20.1. The highest BCUT2D eigenvalue weighted by atomic mass is 16.6. The second-order valence-corrected chi connectivity index (χ2v) is 6.54. The van der Waals surface area contributed by atoms with Crippen LogP contribution in [-0.4, -0.2) is 22.4 Å². The molecule has 0 spiro atoms. The molecule has 2 aromatic carbocycles. The third-order valence-electron chi connectivity index (χ3n) is 4.48. The van der Waals surface area contributed by atoms with Gasteiger partial charge in [0.05, 0.1) is 17.0 Å². The number of aromatic nitrogens is 1. The average molecular weight is 379 g/mol. The van der Waals surface area contributed by atoms with Crippen LogP contribution in [0.5, 0.6) is 0 Å². The molecule has 3 rings (SSSR count). The fourth-order valence-electron chi connectivity index (χ4n) is 2.87. The van der Waals surface area contributed by atoms with Gasteiger partial charge in [-0.05, 0) is 37.5 Å². The summed E-state index contributed by atoms with van der Waals surface area (Å²) >= 11 is 0. The fourth-order valence-corrected chi connectivity index (χ4v) is 2.87. The van der Waals surface area contributed by atoms with Gasteiger partial charge in [-0.15, -0.1) is 0 Å². The third-order valence-corrected chi connectivity index (χ3v) is 4.48. The molecule has 0 atom stereocenters. The first-order valence-corrected chi connectivity index (χ1v) is 8.96. The largest absolute Gasteiger partial charge is 0.441 e. The summed E-state index contributed by atoms with van der Waals surface area (Å²) in [5, 5.41) is 13.5. The van der Waals surface area contributed by atoms with Crippen LogP contribution in [0.4, 0.5) is 5.69 Å². The number of nitro benzene ring substituents is 1. The van der Waals surface area contributed by atoms with Gasteiger partial charge in [0.25, 0.3) is 5.69 Å². The van der Waals surface area contributed by atoms with Crippen LogP contribution in [0.15, 0.2) is 52.9 Å². The molecule has 0 aliphatic carbocycles. The van der Waals surface area contributed by atoms with Crippen LogP contribution in [0.25, 0.3) is 11.5 Å². The highest BCUT2D eigenvalue weighted by Crippen LogP contribution is 2.24. The van der Waals surface area contributed by atoms with Crippen molar-refractivity contribution in [1.82, 2.24) is 10.3 Å². The van der Waals surface area contributed by atoms with E-state index in [4.69, 9.17) is 4.42 Å². The minimum atomic E-state index is -0.434. The van der Waals surface area contributed by atoms with Gasteiger partial charge in [0.15, 0.2) is 0 Å². The van der Waals surface area contributed by atoms with E-state index in [1.807, 2.05) is 31.2 Å². The number of carbonyl (C=O) groups is 1. The molecule has 1 N–H and O–H groups in total. The number of nitrogens with one attached hydrogen (secondary N) is 1. The van der Waals surface area contributed by atoms with Gasteiger partial charge >= 0.3 is 0 Å². The number of rotatable bonds is 7. The van der Waals surface area contributed by atoms with Crippen LogP contribution in [-0.2, 0) is 17.6 Å². The molecule has 0 unspecified atom stereocenters. The van der Waals surface area contributed by atoms with Crippen LogP contribution in [0.2, 0.25) is 0 Å². The number of aryl methyl sites for hydroxylation is 2. The summed E-state index contributed by atoms with van der Waals surface area (Å²) in [5.41, 5.74) is 3.56. The molecule has 7 heteroatoms. The van der Waals surface area contributed by atoms with Gasteiger partial charge in [0.1, 0.15) is 5.76 Å². The molecular formula is C21H21N3O4. The zero-order valence-electron chi connectivity index (χ0n) is 15.8. The minimum Gasteiger partial charge on any atom is -0.441 e. The average Bonchev–Trinajstić information content (AvgIpc) is 3.02. The molecule has 0 radical (unpaired) electrons. The quantitative estimate of drug-likeness (QED) is 0.498. The Balaban J connectivity index is 1.55. The summed E-state index contributed by atoms with van der Waals surface area (Å²) in [6.45, 7) is 4.23. The summed E-state index contributed by atoms with van der Waals surface area (Å²) in [4.78, 5) is 26.9. The molecule has 0 saturated carbocycles. The van der Waals surface area contributed by atoms with E-state index in [0.717, 1.165) is 16.7 Å². The lowest BCUT2D eigenvalue weighted by molar-refractivity contribution is -0.384. The van der Waals surface area contributed by atoms with E-state index in [0.29, 0.717) is 30.3 Å². The van der Waals surface area contributed by atoms with Crippen LogP contribution < -0.4 is 5.32 Å². The van der Waals surface area contributed by atoms with Crippen molar-refractivity contribution < 1.29 is 14.1 Å². The highest BCUT2D eigenvalue weighted by Gasteiger charge is 2.15. The Morgan fingerprint density at radius 2 is 1.86 bits per heavy atom. The van der Waals surface area contributed by atoms with Crippen LogP contribution >= 0.6 is 0 Å². The maximum atomic E-state index is 12.2. The van der Waals surface area contributed by atoms with Gasteiger partial charge in [-0.25, -0.2) is 4.98 Å². The van der Waals surface area contributed by atoms with E-state index in [2.05, 4.69) is 10.3 Å². The number of hydrogen-bond acceptors (Lipinski definition) is 5. The second-order valence-electron chi connectivity index (χ2n) is 6.54. The van der Waals surface area contributed by atoms with Crippen molar-refractivity contribution in [2.24, 2.45) is 0 Å². The summed E-state index contributed by atoms with van der Waals surface area (Å²) in [7, 11) is 0. The standard InChI is InChI=1S/C21H21N3O4/c1-14-5-3-4-6-18(14)21-23-19(15(2)28-21)13-20(25)22-12-11-16-7-9-17(10-8-16)24(26)27/h3-10H,11-13H2,1-2H3,(H,22,25). The first-order chi connectivity index (χ1) is 13.4. The molecule has 0 fully saturated rings. The maximum Gasteiger partial charge on any atom is 0.269 e. The summed E-state index contributed by atoms with van der Waals surface area (Å²) in [6.07, 6.45) is 0.734. The van der Waals surface area contributed by atoms with Crippen LogP contribution in [0.3, 0.4) is 0 Å². The highest BCUT2D eigenvalue weighted by molar-refractivity contribution is 5.78. The molecule has 3 aromatic rings. The Hall–Kier alpha value is -3.48. The van der Waals surface area contributed by atoms with Crippen molar-refractivity contribution in [1.29, 1.82) is 0 Å². The summed E-state index contributed by atoms with van der Waals surface area (Å²) in [5.74, 6) is 1.00. The molecule has 7 nitrogen and oxygen atoms in total. The maximum absolute atomic E-state index is 12.2. The SMILES string of the molecule is Cc1ccccc1-c1nc(CC(=O)NCCc2ccc([N+](=O)[O-])cc2)c(C)o1. The van der Waals surface area contributed by atoms with Crippen molar-refractivity contribution in [3.63, 3.8) is 0 Å². The molecule has 1 heterocycles. The molecule has 0 bridgehead atoms. The van der Waals surface area contributed by atoms with E-state index in [9.17, 15) is 14.9 Å². The summed E-state index contributed by atoms with van der Waals surface area (Å²) in [6, 6.07) is 14.1. The number of oxazole rings is 1. The zero-order valence-corrected chi connectivity index (χ0v) is 15.8. The van der Waals surface area contributed by atoms with Crippen LogP contribution in [0, 0.1) is 24.0 Å². The van der Waals surface area contributed by atoms with Crippen molar-refractivity contribution in [3.8, 4) is 11.5 Å². The topological polar surface area (TPSA) is 98.3 Å². The molecule has 0 aliphatic rings. The normalized spacial score (nSPS) is 10.6. The van der Waals surface area contributed by atoms with E-state index in [1.54, 1.807) is 19.1 Å². The molecule has 28 heavy (non-hydrogen) atoms. The van der Waals surface area contributed by atoms with Gasteiger partial charge in [-0.2, -0.15) is 0 Å². The Morgan fingerprint density at radius 1 is 1.14 bits per heavy atom. The van der Waals surface area contributed by atoms with E-state index >= 15 is 0 Å². The number of nitro groups is 1. The summed E-state index contributed by atoms with van der Waals surface area (Å²) < 4.78 is 5.74. The number of nitrogens with zero attached hydrogens (tertiary/aromatic N) is 2. The number of benzene rings is 2. The van der Waals surface area contributed by atoms with Gasteiger partial charge < -0.3 is 9.73 Å². The Bertz CT molecular complexity index is 993. The first kappa shape index (κ1) is 19.3. The predicted octanol–water partition coefficient (Wildman–Crippen LogP) is 3.77. The molecular weight excluding hydrogens is 358 g/mol. The van der Waals surface area contributed by atoms with E-state index in [1.165, 1.54) is 12.1 Å². The van der Waals surface area contributed by atoms with E-state index in [-0.39, 0.29) is 18.0 Å². The van der Waals surface area contributed by atoms with E-state index < -0.39 is 4.92 Å². The first-order valence-electron chi connectivity index (χ1n) is 8.96. The van der Waals surface area contributed by atoms with Crippen LogP contribution in [0.1, 0.15) is 22.6 Å². The lowest BCUT2D eigenvalue weighted by Gasteiger charge is -2.04. The number of hydrogen-bond donors (Lipinski definition) is 1. The minimum absolute atomic E-state index is 0.0544. The van der Waals surface area contributed by atoms with Crippen molar-refractivity contribution >= 4 is 11.6 Å². The molecule has 1 amide bonds. The third kappa shape index (κ3) is 4.62. The number of non-ortho nitro benzene ring substituents is 1. The second kappa shape index (κ2) is 8.47. The lowest BCUT2D eigenvalue weighted by atomic mass is 10.1. The van der Waals surface area contributed by atoms with Crippen molar-refractivity contribution in [2.45, 2.75) is 26.7 Å². The molecule has 0 saturated heterocycles. The van der Waals surface area contributed by atoms with Gasteiger partial charge in [0.2, 0.25) is 11.8 Å². The predicted molar refractivity (Wildman–Crippen MR) is 105 cm³/mol. The molecule has 144 valence electrons. The smallest absolute Gasteiger partial charge is 0.269 e. The van der Waals surface area contributed by atoms with Gasteiger partial charge in [0, 0.05) is 24.2 Å². The molecule has 0 aliphatic heterocycles. The Kier molecular flexibility index (Phi) is 5.84. The fraction of sp³-hybridized carbons (Fsp3) is 0.238. The molecule has 1 aromatic heterocycles. The van der Waals surface area contributed by atoms with Gasteiger partial charge in [-0.3, -0.25) is 14.9 Å². The van der Waals surface area contributed by atoms with Crippen molar-refractivity contribution in [2.75, 3.05) is 6.54 Å². The monoisotopic (exact) mass is 379 g/mol. The van der Waals surface area contributed by atoms with Gasteiger partial charge in [-0.1, -0.05) is 30.3 Å². The number of amides is 1. The van der Waals surface area contributed by atoms with Crippen molar-refractivity contribution in [3.05, 3.63) is 81.2 Å². The lowest BCUT2D eigenvalue weighted by Crippen LogP contribution is -2.27. The number of carbonyl (C=O) groups excluding carboxylic acids is 1. The Labute approximate surface area is 162 Å². The Morgan fingerprint density at radius 3 is 2.54 bits per heavy atom.